The average Bonchev–Trinajstić information content (AvgIpc) is 3.17. The summed E-state index contributed by atoms with van der Waals surface area (Å²) >= 11 is 14.0. The minimum absolute atomic E-state index is 0.0104. The third-order valence-electron chi connectivity index (χ3n) is 4.47. The molecular weight excluding hydrogens is 469 g/mol. The molecule has 1 aliphatic carbocycles. The molecule has 0 aliphatic heterocycles. The zero-order valence-electron chi connectivity index (χ0n) is 18.7. The van der Waals surface area contributed by atoms with Gasteiger partial charge < -0.3 is 25.3 Å². The Bertz CT molecular complexity index is 797. The van der Waals surface area contributed by atoms with Crippen molar-refractivity contribution in [2.75, 3.05) is 53.6 Å². The van der Waals surface area contributed by atoms with Crippen molar-refractivity contribution in [3.63, 3.8) is 0 Å². The summed E-state index contributed by atoms with van der Waals surface area (Å²) in [7, 11) is 3.75. The Balaban J connectivity index is 0.00000114. The van der Waals surface area contributed by atoms with E-state index < -0.39 is 0 Å². The quantitative estimate of drug-likeness (QED) is 0.292. The fourth-order valence-corrected chi connectivity index (χ4v) is 4.36. The first kappa shape index (κ1) is 27.2. The number of hydrogen-bond donors (Lipinski definition) is 3. The van der Waals surface area contributed by atoms with Crippen molar-refractivity contribution < 1.29 is 14.2 Å². The summed E-state index contributed by atoms with van der Waals surface area (Å²) in [5.41, 5.74) is 7.59. The fourth-order valence-electron chi connectivity index (χ4n) is 3.13. The molecule has 178 valence electrons. The molecule has 9 heteroatoms. The summed E-state index contributed by atoms with van der Waals surface area (Å²) in [4.78, 5) is 1.11. The average molecular weight is 503 g/mol. The van der Waals surface area contributed by atoms with Gasteiger partial charge >= 0.3 is 0 Å². The van der Waals surface area contributed by atoms with Crippen LogP contribution in [-0.2, 0) is 15.9 Å². The molecule has 0 aromatic heterocycles. The van der Waals surface area contributed by atoms with Gasteiger partial charge in [0.2, 0.25) is 0 Å². The normalized spacial score (nSPS) is 14.6. The summed E-state index contributed by atoms with van der Waals surface area (Å²) < 4.78 is 20.2. The van der Waals surface area contributed by atoms with Crippen LogP contribution in [0.5, 0.6) is 5.75 Å². The maximum atomic E-state index is 6.30. The van der Waals surface area contributed by atoms with Crippen molar-refractivity contribution in [2.24, 2.45) is 5.73 Å². The molecule has 1 aliphatic rings. The number of benzene rings is 2. The van der Waals surface area contributed by atoms with E-state index >= 15 is 0 Å². The largest absolute Gasteiger partial charge is 0.486 e. The molecule has 2 aromatic carbocycles. The zero-order chi connectivity index (χ0) is 23.2. The lowest BCUT2D eigenvalue weighted by Gasteiger charge is -2.16. The number of nitrogens with one attached hydrogen (secondary N) is 2. The molecule has 4 N–H and O–H groups in total. The van der Waals surface area contributed by atoms with Gasteiger partial charge in [0.05, 0.1) is 26.4 Å². The van der Waals surface area contributed by atoms with Crippen LogP contribution in [-0.4, -0.2) is 53.6 Å². The maximum Gasteiger partial charge on any atom is 0.124 e. The molecule has 3 rings (SSSR count). The molecule has 0 amide bonds. The van der Waals surface area contributed by atoms with Gasteiger partial charge in [0, 0.05) is 28.0 Å². The van der Waals surface area contributed by atoms with Gasteiger partial charge in [-0.3, -0.25) is 4.72 Å². The summed E-state index contributed by atoms with van der Waals surface area (Å²) in [5.74, 6) is 0.837. The topological polar surface area (TPSA) is 77.8 Å². The summed E-state index contributed by atoms with van der Waals surface area (Å²) in [5, 5.41) is 4.12. The molecule has 1 atom stereocenters. The van der Waals surface area contributed by atoms with Crippen molar-refractivity contribution in [3.05, 3.63) is 57.6 Å². The molecule has 0 fully saturated rings. The van der Waals surface area contributed by atoms with E-state index in [0.717, 1.165) is 46.2 Å². The van der Waals surface area contributed by atoms with E-state index in [4.69, 9.17) is 43.1 Å². The van der Waals surface area contributed by atoms with Gasteiger partial charge in [-0.05, 0) is 86.4 Å². The van der Waals surface area contributed by atoms with Gasteiger partial charge in [-0.15, -0.1) is 0 Å². The van der Waals surface area contributed by atoms with Crippen molar-refractivity contribution in [1.82, 2.24) is 10.0 Å². The lowest BCUT2D eigenvalue weighted by molar-refractivity contribution is 0.0532. The van der Waals surface area contributed by atoms with Crippen LogP contribution in [0.1, 0.15) is 23.7 Å². The minimum atomic E-state index is -0.0104. The van der Waals surface area contributed by atoms with E-state index in [9.17, 15) is 0 Å². The van der Waals surface area contributed by atoms with Crippen LogP contribution in [0.4, 0.5) is 0 Å². The number of rotatable bonds is 12. The second-order valence-corrected chi connectivity index (χ2v) is 8.89. The van der Waals surface area contributed by atoms with Crippen molar-refractivity contribution in [2.45, 2.75) is 23.8 Å². The lowest BCUT2D eigenvalue weighted by Crippen LogP contribution is -2.16. The third kappa shape index (κ3) is 9.45. The molecule has 32 heavy (non-hydrogen) atoms. The van der Waals surface area contributed by atoms with Crippen molar-refractivity contribution in [1.29, 1.82) is 0 Å². The molecule has 6 nitrogen and oxygen atoms in total. The standard InChI is InChI=1S/C21H26Cl2N2O3S.C2H7N/c22-15-13-19-18(20(23)14-15)5-6-21(19)28-16-1-3-17(4-2-16)29-25-8-10-27-12-11-26-9-7-24;1-3-2/h1-4,13-14,21,25H,5-12,24H2;3H,1-2H3. The van der Waals surface area contributed by atoms with Crippen molar-refractivity contribution >= 4 is 35.1 Å². The first-order valence-corrected chi connectivity index (χ1v) is 12.2. The van der Waals surface area contributed by atoms with Gasteiger partial charge in [0.25, 0.3) is 0 Å². The second-order valence-electron chi connectivity index (χ2n) is 7.08. The van der Waals surface area contributed by atoms with Crippen LogP contribution < -0.4 is 20.5 Å². The van der Waals surface area contributed by atoms with Gasteiger partial charge in [0.15, 0.2) is 0 Å². The van der Waals surface area contributed by atoms with Crippen LogP contribution in [0.2, 0.25) is 10.0 Å². The number of halogens is 2. The molecule has 0 radical (unpaired) electrons. The van der Waals surface area contributed by atoms with Gasteiger partial charge in [-0.25, -0.2) is 0 Å². The second kappa shape index (κ2) is 15.7. The molecule has 0 spiro atoms. The van der Waals surface area contributed by atoms with E-state index in [1.54, 1.807) is 18.0 Å². The van der Waals surface area contributed by atoms with E-state index in [-0.39, 0.29) is 6.10 Å². The first-order chi connectivity index (χ1) is 15.6. The molecule has 0 bridgehead atoms. The summed E-state index contributed by atoms with van der Waals surface area (Å²) in [6.45, 7) is 3.66. The van der Waals surface area contributed by atoms with E-state index in [1.807, 2.05) is 44.4 Å². The summed E-state index contributed by atoms with van der Waals surface area (Å²) in [6, 6.07) is 11.8. The Labute approximate surface area is 205 Å². The Morgan fingerprint density at radius 3 is 2.41 bits per heavy atom. The molecule has 0 saturated heterocycles. The number of nitrogens with two attached hydrogens (primary N) is 1. The van der Waals surface area contributed by atoms with Crippen LogP contribution >= 0.6 is 35.1 Å². The summed E-state index contributed by atoms with van der Waals surface area (Å²) in [6.07, 6.45) is 1.81. The predicted molar refractivity (Wildman–Crippen MR) is 134 cm³/mol. The van der Waals surface area contributed by atoms with Crippen LogP contribution in [0.15, 0.2) is 41.3 Å². The molecule has 2 aromatic rings. The van der Waals surface area contributed by atoms with E-state index in [1.165, 1.54) is 0 Å². The van der Waals surface area contributed by atoms with Gasteiger partial charge in [0.1, 0.15) is 11.9 Å². The number of ether oxygens (including phenoxy) is 3. The van der Waals surface area contributed by atoms with Crippen LogP contribution in [0, 0.1) is 0 Å². The predicted octanol–water partition coefficient (Wildman–Crippen LogP) is 4.48. The highest BCUT2D eigenvalue weighted by molar-refractivity contribution is 7.97. The monoisotopic (exact) mass is 501 g/mol. The van der Waals surface area contributed by atoms with Crippen molar-refractivity contribution in [3.8, 4) is 5.75 Å². The number of hydrogen-bond acceptors (Lipinski definition) is 7. The van der Waals surface area contributed by atoms with E-state index in [0.29, 0.717) is 38.0 Å². The molecular formula is C23H33Cl2N3O3S. The fraction of sp³-hybridized carbons (Fsp3) is 0.478. The Hall–Kier alpha value is -1.03. The minimum Gasteiger partial charge on any atom is -0.486 e. The molecule has 0 saturated carbocycles. The maximum absolute atomic E-state index is 6.30. The highest BCUT2D eigenvalue weighted by atomic mass is 35.5. The highest BCUT2D eigenvalue weighted by Crippen LogP contribution is 2.40. The Kier molecular flexibility index (Phi) is 13.4. The van der Waals surface area contributed by atoms with E-state index in [2.05, 4.69) is 10.0 Å². The number of fused-ring (bicyclic) bond motifs is 1. The van der Waals surface area contributed by atoms with Gasteiger partial charge in [-0.1, -0.05) is 23.2 Å². The third-order valence-corrected chi connectivity index (χ3v) is 5.88. The smallest absolute Gasteiger partial charge is 0.124 e. The Morgan fingerprint density at radius 1 is 1.03 bits per heavy atom. The molecule has 1 unspecified atom stereocenters. The van der Waals surface area contributed by atoms with Gasteiger partial charge in [-0.2, -0.15) is 0 Å². The zero-order valence-corrected chi connectivity index (χ0v) is 21.0. The first-order valence-electron chi connectivity index (χ1n) is 10.7. The highest BCUT2D eigenvalue weighted by Gasteiger charge is 2.26. The van der Waals surface area contributed by atoms with Crippen LogP contribution in [0.25, 0.3) is 0 Å². The SMILES string of the molecule is CNC.NCCOCCOCCNSc1ccc(OC2CCc3c(Cl)cc(Cl)cc32)cc1. The Morgan fingerprint density at radius 2 is 1.72 bits per heavy atom. The lowest BCUT2D eigenvalue weighted by atomic mass is 10.1. The van der Waals surface area contributed by atoms with Crippen LogP contribution in [0.3, 0.4) is 0 Å². The molecule has 0 heterocycles.